The molecule has 26 heavy (non-hydrogen) atoms. The van der Waals surface area contributed by atoms with Crippen molar-refractivity contribution in [1.29, 1.82) is 0 Å². The first-order chi connectivity index (χ1) is 12.3. The second kappa shape index (κ2) is 6.04. The Morgan fingerprint density at radius 3 is 2.62 bits per heavy atom. The topological polar surface area (TPSA) is 44.7 Å². The molecule has 0 amide bonds. The van der Waals surface area contributed by atoms with E-state index in [-0.39, 0.29) is 23.8 Å². The van der Waals surface area contributed by atoms with E-state index in [1.54, 1.807) is 18.2 Å². The van der Waals surface area contributed by atoms with Gasteiger partial charge in [-0.1, -0.05) is 23.7 Å². The summed E-state index contributed by atoms with van der Waals surface area (Å²) in [5.41, 5.74) is 0.470. The lowest BCUT2D eigenvalue weighted by molar-refractivity contribution is -0.171. The Morgan fingerprint density at radius 2 is 1.96 bits per heavy atom. The minimum atomic E-state index is -4.49. The van der Waals surface area contributed by atoms with Gasteiger partial charge in [-0.25, -0.2) is 0 Å². The van der Waals surface area contributed by atoms with Gasteiger partial charge in [0.2, 0.25) is 0 Å². The second-order valence-corrected chi connectivity index (χ2v) is 7.11. The third kappa shape index (κ3) is 3.11. The summed E-state index contributed by atoms with van der Waals surface area (Å²) in [6.45, 7) is 1.46. The third-order valence-corrected chi connectivity index (χ3v) is 4.86. The average Bonchev–Trinajstić information content (AvgIpc) is 2.94. The molecule has 2 aliphatic rings. The van der Waals surface area contributed by atoms with Gasteiger partial charge in [-0.2, -0.15) is 13.2 Å². The highest BCUT2D eigenvalue weighted by Gasteiger charge is 2.39. The number of benzene rings is 2. The van der Waals surface area contributed by atoms with E-state index in [2.05, 4.69) is 5.32 Å². The van der Waals surface area contributed by atoms with E-state index < -0.39 is 17.3 Å². The molecule has 0 aliphatic carbocycles. The predicted octanol–water partition coefficient (Wildman–Crippen LogP) is 3.98. The van der Waals surface area contributed by atoms with E-state index in [0.29, 0.717) is 18.8 Å². The van der Waals surface area contributed by atoms with Crippen LogP contribution in [-0.2, 0) is 10.9 Å². The Morgan fingerprint density at radius 1 is 1.19 bits per heavy atom. The molecule has 0 radical (unpaired) electrons. The van der Waals surface area contributed by atoms with Crippen molar-refractivity contribution in [1.82, 2.24) is 0 Å². The van der Waals surface area contributed by atoms with E-state index in [0.717, 1.165) is 17.4 Å². The molecular weight excluding hydrogens is 369 g/mol. The number of hydrogen-bond donors (Lipinski definition) is 2. The van der Waals surface area contributed by atoms with Gasteiger partial charge < -0.3 is 20.1 Å². The van der Waals surface area contributed by atoms with Crippen molar-refractivity contribution in [2.75, 3.05) is 36.6 Å². The summed E-state index contributed by atoms with van der Waals surface area (Å²) in [5.74, 6) is 0. The van der Waals surface area contributed by atoms with Crippen molar-refractivity contribution in [2.45, 2.75) is 11.8 Å². The van der Waals surface area contributed by atoms with E-state index in [9.17, 15) is 18.3 Å². The van der Waals surface area contributed by atoms with Gasteiger partial charge in [-0.3, -0.25) is 0 Å². The van der Waals surface area contributed by atoms with Crippen molar-refractivity contribution < 1.29 is 23.0 Å². The Balaban J connectivity index is 1.67. The summed E-state index contributed by atoms with van der Waals surface area (Å²) in [6, 6.07) is 8.88. The minimum Gasteiger partial charge on any atom is -0.383 e. The maximum absolute atomic E-state index is 13.4. The lowest BCUT2D eigenvalue weighted by Gasteiger charge is -2.39. The van der Waals surface area contributed by atoms with Crippen LogP contribution in [0, 0.1) is 0 Å². The average molecular weight is 385 g/mol. The maximum Gasteiger partial charge on any atom is 0.417 e. The Kier molecular flexibility index (Phi) is 4.06. The van der Waals surface area contributed by atoms with Gasteiger partial charge in [0.15, 0.2) is 0 Å². The van der Waals surface area contributed by atoms with Gasteiger partial charge in [0.05, 0.1) is 43.4 Å². The van der Waals surface area contributed by atoms with E-state index >= 15 is 0 Å². The second-order valence-electron chi connectivity index (χ2n) is 6.67. The molecule has 2 aliphatic heterocycles. The molecule has 0 aromatic heterocycles. The van der Waals surface area contributed by atoms with Gasteiger partial charge in [0.1, 0.15) is 5.60 Å². The number of halogens is 4. The van der Waals surface area contributed by atoms with Gasteiger partial charge in [-0.05, 0) is 35.4 Å². The van der Waals surface area contributed by atoms with Crippen LogP contribution in [0.25, 0.3) is 11.1 Å². The van der Waals surface area contributed by atoms with Crippen molar-refractivity contribution in [3.8, 4) is 11.1 Å². The van der Waals surface area contributed by atoms with Crippen LogP contribution in [0.2, 0.25) is 5.02 Å². The molecule has 4 nitrogen and oxygen atoms in total. The van der Waals surface area contributed by atoms with Crippen molar-refractivity contribution in [3.05, 3.63) is 47.0 Å². The lowest BCUT2D eigenvalue weighted by Crippen LogP contribution is -2.57. The quantitative estimate of drug-likeness (QED) is 0.840. The number of alkyl halides is 3. The first-order valence-electron chi connectivity index (χ1n) is 8.05. The maximum atomic E-state index is 13.4. The summed E-state index contributed by atoms with van der Waals surface area (Å²) in [5, 5.41) is 13.5. The standard InChI is InChI=1S/C18H16ClF3N2O2/c19-12-2-3-13(14(6-12)18(20,21)22)11-1-4-16-15(5-11)23-10-24(16)7-17(25)8-26-9-17/h1-6,23,25H,7-10H2. The fourth-order valence-corrected chi connectivity index (χ4v) is 3.49. The van der Waals surface area contributed by atoms with Crippen LogP contribution < -0.4 is 10.2 Å². The molecule has 0 spiro atoms. The summed E-state index contributed by atoms with van der Waals surface area (Å²) in [4.78, 5) is 1.95. The predicted molar refractivity (Wildman–Crippen MR) is 93.5 cm³/mol. The Bertz CT molecular complexity index is 853. The summed E-state index contributed by atoms with van der Waals surface area (Å²) in [6.07, 6.45) is -4.49. The van der Waals surface area contributed by atoms with Crippen molar-refractivity contribution in [3.63, 3.8) is 0 Å². The summed E-state index contributed by atoms with van der Waals surface area (Å²) < 4.78 is 45.1. The molecule has 1 fully saturated rings. The van der Waals surface area contributed by atoms with Gasteiger partial charge in [-0.15, -0.1) is 0 Å². The molecular formula is C18H16ClF3N2O2. The van der Waals surface area contributed by atoms with Crippen LogP contribution >= 0.6 is 11.6 Å². The fourth-order valence-electron chi connectivity index (χ4n) is 3.31. The van der Waals surface area contributed by atoms with Crippen LogP contribution in [0.5, 0.6) is 0 Å². The highest BCUT2D eigenvalue weighted by Crippen LogP contribution is 2.42. The molecule has 1 saturated heterocycles. The molecule has 8 heteroatoms. The zero-order chi connectivity index (χ0) is 18.5. The molecule has 0 atom stereocenters. The van der Waals surface area contributed by atoms with E-state index in [1.807, 2.05) is 4.90 Å². The normalized spacial score (nSPS) is 18.3. The smallest absolute Gasteiger partial charge is 0.383 e. The minimum absolute atomic E-state index is 0.0440. The first-order valence-corrected chi connectivity index (χ1v) is 8.43. The van der Waals surface area contributed by atoms with Crippen LogP contribution in [0.15, 0.2) is 36.4 Å². The van der Waals surface area contributed by atoms with Crippen molar-refractivity contribution in [2.24, 2.45) is 0 Å². The van der Waals surface area contributed by atoms with Crippen molar-refractivity contribution >= 4 is 23.0 Å². The molecule has 0 bridgehead atoms. The number of rotatable bonds is 3. The van der Waals surface area contributed by atoms with Gasteiger partial charge >= 0.3 is 6.18 Å². The SMILES string of the molecule is OC1(CN2CNc3cc(-c4ccc(Cl)cc4C(F)(F)F)ccc32)COC1. The summed E-state index contributed by atoms with van der Waals surface area (Å²) in [7, 11) is 0. The molecule has 2 aromatic carbocycles. The van der Waals surface area contributed by atoms with Gasteiger partial charge in [0, 0.05) is 5.02 Å². The molecule has 0 saturated carbocycles. The number of fused-ring (bicyclic) bond motifs is 1. The van der Waals surface area contributed by atoms with Crippen LogP contribution in [0.3, 0.4) is 0 Å². The molecule has 4 rings (SSSR count). The number of hydrogen-bond acceptors (Lipinski definition) is 4. The lowest BCUT2D eigenvalue weighted by atomic mass is 9.98. The Hall–Kier alpha value is -1.96. The van der Waals surface area contributed by atoms with E-state index in [4.69, 9.17) is 16.3 Å². The highest BCUT2D eigenvalue weighted by molar-refractivity contribution is 6.30. The third-order valence-electron chi connectivity index (χ3n) is 4.62. The number of β-amino-alcohol motifs (C(OH)–C–C–N with tert-alkyl or cyclic N) is 1. The number of nitrogens with zero attached hydrogens (tertiary/aromatic N) is 1. The summed E-state index contributed by atoms with van der Waals surface area (Å²) >= 11 is 5.75. The molecule has 0 unspecified atom stereocenters. The molecule has 2 heterocycles. The molecule has 2 aromatic rings. The monoisotopic (exact) mass is 384 g/mol. The highest BCUT2D eigenvalue weighted by atomic mass is 35.5. The number of ether oxygens (including phenoxy) is 1. The first kappa shape index (κ1) is 17.5. The number of nitrogens with one attached hydrogen (secondary N) is 1. The largest absolute Gasteiger partial charge is 0.417 e. The van der Waals surface area contributed by atoms with Gasteiger partial charge in [0.25, 0.3) is 0 Å². The number of aliphatic hydroxyl groups is 1. The zero-order valence-electron chi connectivity index (χ0n) is 13.6. The molecule has 2 N–H and O–H groups in total. The van der Waals surface area contributed by atoms with E-state index in [1.165, 1.54) is 12.1 Å². The number of anilines is 2. The Labute approximate surface area is 153 Å². The zero-order valence-corrected chi connectivity index (χ0v) is 14.4. The van der Waals surface area contributed by atoms with Crippen LogP contribution in [0.4, 0.5) is 24.5 Å². The van der Waals surface area contributed by atoms with Crippen LogP contribution in [-0.4, -0.2) is 37.1 Å². The molecule has 138 valence electrons. The fraction of sp³-hybridized carbons (Fsp3) is 0.333. The van der Waals surface area contributed by atoms with Crippen LogP contribution in [0.1, 0.15) is 5.56 Å².